The van der Waals surface area contributed by atoms with E-state index < -0.39 is 36.3 Å². The van der Waals surface area contributed by atoms with Crippen molar-refractivity contribution in [3.8, 4) is 11.5 Å². The second-order valence-electron chi connectivity index (χ2n) is 7.97. The Balaban J connectivity index is 1.45. The SMILES string of the molecule is COc1cc(C(=O)N2CC[C@]3(c4cc(F)cc(F)c4)OCOC3C2)ccc1OCCOC(F)(F)F. The Morgan fingerprint density at radius 3 is 2.54 bits per heavy atom. The molecular weight excluding hydrogens is 481 g/mol. The summed E-state index contributed by atoms with van der Waals surface area (Å²) < 4.78 is 89.5. The number of likely N-dealkylation sites (tertiary alicyclic amines) is 1. The second kappa shape index (κ2) is 9.96. The highest BCUT2D eigenvalue weighted by molar-refractivity contribution is 5.95. The zero-order chi connectivity index (χ0) is 25.2. The van der Waals surface area contributed by atoms with Crippen LogP contribution in [-0.2, 0) is 19.8 Å². The monoisotopic (exact) mass is 503 g/mol. The Labute approximate surface area is 197 Å². The average molecular weight is 503 g/mol. The number of piperidine rings is 1. The molecule has 35 heavy (non-hydrogen) atoms. The number of hydrogen-bond acceptors (Lipinski definition) is 6. The summed E-state index contributed by atoms with van der Waals surface area (Å²) in [5.41, 5.74) is -0.514. The summed E-state index contributed by atoms with van der Waals surface area (Å²) in [5.74, 6) is -1.52. The Kier molecular flexibility index (Phi) is 7.15. The quantitative estimate of drug-likeness (QED) is 0.421. The number of nitrogens with zero attached hydrogens (tertiary/aromatic N) is 1. The van der Waals surface area contributed by atoms with Crippen LogP contribution in [0.15, 0.2) is 36.4 Å². The molecule has 2 saturated heterocycles. The lowest BCUT2D eigenvalue weighted by molar-refractivity contribution is -0.325. The lowest BCUT2D eigenvalue weighted by Crippen LogP contribution is -2.53. The van der Waals surface area contributed by atoms with Gasteiger partial charge in [0, 0.05) is 24.6 Å². The van der Waals surface area contributed by atoms with E-state index >= 15 is 0 Å². The molecule has 2 aromatic rings. The fraction of sp³-hybridized carbons (Fsp3) is 0.435. The smallest absolute Gasteiger partial charge is 0.493 e. The fourth-order valence-electron chi connectivity index (χ4n) is 4.28. The van der Waals surface area contributed by atoms with Gasteiger partial charge in [0.05, 0.1) is 20.3 Å². The third-order valence-electron chi connectivity index (χ3n) is 5.90. The number of benzene rings is 2. The van der Waals surface area contributed by atoms with Crippen molar-refractivity contribution in [3.05, 3.63) is 59.2 Å². The van der Waals surface area contributed by atoms with Crippen LogP contribution in [0, 0.1) is 11.6 Å². The molecule has 0 saturated carbocycles. The van der Waals surface area contributed by atoms with Crippen molar-refractivity contribution in [2.45, 2.75) is 24.5 Å². The van der Waals surface area contributed by atoms with E-state index in [2.05, 4.69) is 4.74 Å². The van der Waals surface area contributed by atoms with E-state index in [1.54, 1.807) is 0 Å². The van der Waals surface area contributed by atoms with Crippen LogP contribution in [0.1, 0.15) is 22.3 Å². The first-order valence-electron chi connectivity index (χ1n) is 10.6. The summed E-state index contributed by atoms with van der Waals surface area (Å²) >= 11 is 0. The molecule has 2 aliphatic rings. The molecule has 2 atom stereocenters. The zero-order valence-corrected chi connectivity index (χ0v) is 18.6. The second-order valence-corrected chi connectivity index (χ2v) is 7.97. The zero-order valence-electron chi connectivity index (χ0n) is 18.6. The molecule has 0 N–H and O–H groups in total. The van der Waals surface area contributed by atoms with Gasteiger partial charge in [0.2, 0.25) is 0 Å². The number of ether oxygens (including phenoxy) is 5. The highest BCUT2D eigenvalue weighted by Crippen LogP contribution is 2.43. The van der Waals surface area contributed by atoms with E-state index in [0.717, 1.165) is 6.07 Å². The van der Waals surface area contributed by atoms with E-state index in [9.17, 15) is 26.7 Å². The normalized spacial score (nSPS) is 22.1. The number of hydrogen-bond donors (Lipinski definition) is 0. The van der Waals surface area contributed by atoms with Gasteiger partial charge in [0.1, 0.15) is 36.7 Å². The predicted molar refractivity (Wildman–Crippen MR) is 110 cm³/mol. The van der Waals surface area contributed by atoms with Gasteiger partial charge in [-0.3, -0.25) is 9.53 Å². The molecule has 2 fully saturated rings. The first-order valence-corrected chi connectivity index (χ1v) is 10.6. The number of fused-ring (bicyclic) bond motifs is 1. The van der Waals surface area contributed by atoms with Gasteiger partial charge in [-0.1, -0.05) is 0 Å². The largest absolute Gasteiger partial charge is 0.522 e. The number of halogens is 5. The maximum atomic E-state index is 13.8. The third-order valence-corrected chi connectivity index (χ3v) is 5.90. The molecule has 0 radical (unpaired) electrons. The van der Waals surface area contributed by atoms with Gasteiger partial charge in [0.15, 0.2) is 11.5 Å². The van der Waals surface area contributed by atoms with Crippen molar-refractivity contribution in [3.63, 3.8) is 0 Å². The van der Waals surface area contributed by atoms with Crippen LogP contribution in [0.25, 0.3) is 0 Å². The minimum atomic E-state index is -4.76. The van der Waals surface area contributed by atoms with Crippen LogP contribution >= 0.6 is 0 Å². The number of methoxy groups -OCH3 is 1. The van der Waals surface area contributed by atoms with E-state index in [4.69, 9.17) is 18.9 Å². The Morgan fingerprint density at radius 2 is 1.86 bits per heavy atom. The molecule has 2 aromatic carbocycles. The van der Waals surface area contributed by atoms with E-state index in [-0.39, 0.29) is 55.9 Å². The summed E-state index contributed by atoms with van der Waals surface area (Å²) in [7, 11) is 1.33. The summed E-state index contributed by atoms with van der Waals surface area (Å²) in [6, 6.07) is 7.46. The Morgan fingerprint density at radius 1 is 1.11 bits per heavy atom. The van der Waals surface area contributed by atoms with Gasteiger partial charge < -0.3 is 23.8 Å². The molecule has 0 spiro atoms. The van der Waals surface area contributed by atoms with Gasteiger partial charge in [-0.2, -0.15) is 0 Å². The number of alkyl halides is 3. The molecular formula is C23H22F5NO6. The predicted octanol–water partition coefficient (Wildman–Crippen LogP) is 4.00. The van der Waals surface area contributed by atoms with Gasteiger partial charge in [-0.05, 0) is 35.9 Å². The van der Waals surface area contributed by atoms with E-state index in [1.807, 2.05) is 0 Å². The van der Waals surface area contributed by atoms with Gasteiger partial charge in [-0.15, -0.1) is 13.2 Å². The summed E-state index contributed by atoms with van der Waals surface area (Å²) in [5, 5.41) is 0. The minimum Gasteiger partial charge on any atom is -0.493 e. The molecule has 2 aliphatic heterocycles. The number of carbonyl (C=O) groups excluding carboxylic acids is 1. The van der Waals surface area contributed by atoms with Crippen molar-refractivity contribution in [1.29, 1.82) is 0 Å². The standard InChI is InChI=1S/C23H22F5NO6/c1-31-19-8-14(2-3-18(19)32-6-7-34-23(26,27)28)21(30)29-5-4-22(20(12-29)33-13-35-22)15-9-16(24)11-17(25)10-15/h2-3,8-11,20H,4-7,12-13H2,1H3/t20?,22-/m1/s1. The number of rotatable bonds is 7. The molecule has 0 bridgehead atoms. The molecule has 0 aromatic heterocycles. The number of carbonyl (C=O) groups is 1. The topological polar surface area (TPSA) is 66.5 Å². The van der Waals surface area contributed by atoms with Crippen LogP contribution in [0.4, 0.5) is 22.0 Å². The maximum absolute atomic E-state index is 13.8. The molecule has 2 heterocycles. The molecule has 0 aliphatic carbocycles. The fourth-order valence-corrected chi connectivity index (χ4v) is 4.28. The minimum absolute atomic E-state index is 0.0806. The summed E-state index contributed by atoms with van der Waals surface area (Å²) in [6.07, 6.45) is -5.14. The van der Waals surface area contributed by atoms with Crippen LogP contribution in [-0.4, -0.2) is 63.5 Å². The van der Waals surface area contributed by atoms with Crippen LogP contribution in [0.5, 0.6) is 11.5 Å². The van der Waals surface area contributed by atoms with Crippen molar-refractivity contribution in [2.75, 3.05) is 40.2 Å². The summed E-state index contributed by atoms with van der Waals surface area (Å²) in [6.45, 7) is -0.820. The van der Waals surface area contributed by atoms with Crippen molar-refractivity contribution in [2.24, 2.45) is 0 Å². The molecule has 7 nitrogen and oxygen atoms in total. The highest BCUT2D eigenvalue weighted by atomic mass is 19.4. The first kappa shape index (κ1) is 25.1. The molecule has 1 amide bonds. The van der Waals surface area contributed by atoms with Crippen molar-refractivity contribution >= 4 is 5.91 Å². The Bertz CT molecular complexity index is 1060. The van der Waals surface area contributed by atoms with Gasteiger partial charge in [0.25, 0.3) is 5.91 Å². The van der Waals surface area contributed by atoms with Gasteiger partial charge in [-0.25, -0.2) is 8.78 Å². The molecule has 12 heteroatoms. The lowest BCUT2D eigenvalue weighted by Gasteiger charge is -2.42. The van der Waals surface area contributed by atoms with Crippen LogP contribution in [0.2, 0.25) is 0 Å². The molecule has 190 valence electrons. The molecule has 4 rings (SSSR count). The van der Waals surface area contributed by atoms with Gasteiger partial charge >= 0.3 is 6.36 Å². The van der Waals surface area contributed by atoms with E-state index in [1.165, 1.54) is 42.3 Å². The number of amides is 1. The molecule has 1 unspecified atom stereocenters. The maximum Gasteiger partial charge on any atom is 0.522 e. The van der Waals surface area contributed by atoms with Crippen LogP contribution < -0.4 is 9.47 Å². The van der Waals surface area contributed by atoms with Crippen molar-refractivity contribution < 1.29 is 50.4 Å². The Hall–Kier alpha value is -2.96. The lowest BCUT2D eigenvalue weighted by atomic mass is 9.82. The van der Waals surface area contributed by atoms with E-state index in [0.29, 0.717) is 5.56 Å². The first-order chi connectivity index (χ1) is 16.6. The average Bonchev–Trinajstić information content (AvgIpc) is 3.24. The summed E-state index contributed by atoms with van der Waals surface area (Å²) in [4.78, 5) is 14.7. The third kappa shape index (κ3) is 5.49. The van der Waals surface area contributed by atoms with Crippen LogP contribution in [0.3, 0.4) is 0 Å². The van der Waals surface area contributed by atoms with Crippen molar-refractivity contribution in [1.82, 2.24) is 4.90 Å². The highest BCUT2D eigenvalue weighted by Gasteiger charge is 2.51.